The van der Waals surface area contributed by atoms with Gasteiger partial charge in [0.1, 0.15) is 6.04 Å². The van der Waals surface area contributed by atoms with Crippen LogP contribution in [0.1, 0.15) is 34.9 Å². The highest BCUT2D eigenvalue weighted by atomic mass is 35.5. The summed E-state index contributed by atoms with van der Waals surface area (Å²) in [5, 5.41) is 4.39. The summed E-state index contributed by atoms with van der Waals surface area (Å²) < 4.78 is 27.8. The standard InChI is InChI=1S/C20H22ClN3O3S2/c1-22-17-6-2-13-12-14(3-5-16(13)17)24-10-8-18(20(24)25)23-29(26,27)11-9-15-4-7-19(21)28-15/h3-5,7,9,11-12,17-18,22-23H,2,6,8,10H2,1H3/t17?,18-/m0/s1. The highest BCUT2D eigenvalue weighted by Crippen LogP contribution is 2.34. The molecule has 154 valence electrons. The number of carbonyl (C=O) groups is 1. The summed E-state index contributed by atoms with van der Waals surface area (Å²) in [5.74, 6) is -0.218. The number of aryl methyl sites for hydroxylation is 1. The predicted octanol–water partition coefficient (Wildman–Crippen LogP) is 3.30. The van der Waals surface area contributed by atoms with Gasteiger partial charge in [0.05, 0.1) is 4.34 Å². The van der Waals surface area contributed by atoms with E-state index in [1.165, 1.54) is 28.5 Å². The lowest BCUT2D eigenvalue weighted by Crippen LogP contribution is -2.40. The third-order valence-corrected chi connectivity index (χ3v) is 7.69. The van der Waals surface area contributed by atoms with Crippen LogP contribution in [-0.2, 0) is 21.2 Å². The summed E-state index contributed by atoms with van der Waals surface area (Å²) in [4.78, 5) is 15.2. The summed E-state index contributed by atoms with van der Waals surface area (Å²) >= 11 is 7.15. The number of nitrogens with one attached hydrogen (secondary N) is 2. The maximum Gasteiger partial charge on any atom is 0.245 e. The van der Waals surface area contributed by atoms with Crippen molar-refractivity contribution in [3.05, 3.63) is 56.1 Å². The van der Waals surface area contributed by atoms with Gasteiger partial charge in [-0.3, -0.25) is 4.79 Å². The number of anilines is 1. The first-order chi connectivity index (χ1) is 13.9. The van der Waals surface area contributed by atoms with E-state index >= 15 is 0 Å². The zero-order valence-electron chi connectivity index (χ0n) is 15.9. The van der Waals surface area contributed by atoms with E-state index in [4.69, 9.17) is 11.6 Å². The van der Waals surface area contributed by atoms with Crippen LogP contribution in [0.25, 0.3) is 6.08 Å². The molecule has 1 amide bonds. The van der Waals surface area contributed by atoms with Gasteiger partial charge in [-0.15, -0.1) is 11.3 Å². The number of thiophene rings is 1. The molecule has 0 bridgehead atoms. The highest BCUT2D eigenvalue weighted by molar-refractivity contribution is 7.92. The Balaban J connectivity index is 1.44. The fourth-order valence-corrected chi connectivity index (χ4v) is 6.00. The number of hydrogen-bond donors (Lipinski definition) is 2. The molecule has 29 heavy (non-hydrogen) atoms. The number of rotatable bonds is 6. The Bertz CT molecular complexity index is 1060. The van der Waals surface area contributed by atoms with E-state index in [2.05, 4.69) is 22.2 Å². The van der Waals surface area contributed by atoms with Gasteiger partial charge in [0.25, 0.3) is 0 Å². The number of carbonyl (C=O) groups excluding carboxylic acids is 1. The maximum absolute atomic E-state index is 12.8. The number of benzene rings is 1. The number of halogens is 1. The molecule has 1 saturated heterocycles. The summed E-state index contributed by atoms with van der Waals surface area (Å²) in [5.41, 5.74) is 3.35. The second-order valence-corrected chi connectivity index (χ2v) is 10.5. The lowest BCUT2D eigenvalue weighted by molar-refractivity contribution is -0.118. The Morgan fingerprint density at radius 1 is 1.21 bits per heavy atom. The molecule has 1 aliphatic carbocycles. The minimum atomic E-state index is -3.74. The Labute approximate surface area is 179 Å². The molecule has 1 aromatic carbocycles. The number of nitrogens with zero attached hydrogens (tertiary/aromatic N) is 1. The molecule has 0 saturated carbocycles. The zero-order chi connectivity index (χ0) is 20.6. The fourth-order valence-electron chi connectivity index (χ4n) is 3.93. The quantitative estimate of drug-likeness (QED) is 0.706. The monoisotopic (exact) mass is 451 g/mol. The maximum atomic E-state index is 12.8. The van der Waals surface area contributed by atoms with Gasteiger partial charge in [-0.2, -0.15) is 4.72 Å². The van der Waals surface area contributed by atoms with Crippen LogP contribution in [0, 0.1) is 0 Å². The van der Waals surface area contributed by atoms with Crippen LogP contribution in [0.5, 0.6) is 0 Å². The van der Waals surface area contributed by atoms with Crippen LogP contribution in [0.2, 0.25) is 4.34 Å². The van der Waals surface area contributed by atoms with E-state index in [9.17, 15) is 13.2 Å². The molecule has 2 heterocycles. The summed E-state index contributed by atoms with van der Waals surface area (Å²) in [7, 11) is -1.78. The van der Waals surface area contributed by atoms with E-state index in [0.29, 0.717) is 23.3 Å². The largest absolute Gasteiger partial charge is 0.313 e. The molecule has 2 aromatic rings. The number of sulfonamides is 1. The topological polar surface area (TPSA) is 78.5 Å². The van der Waals surface area contributed by atoms with Gasteiger partial charge in [-0.1, -0.05) is 17.7 Å². The normalized spacial score (nSPS) is 22.0. The van der Waals surface area contributed by atoms with Gasteiger partial charge in [0.2, 0.25) is 15.9 Å². The number of amides is 1. The van der Waals surface area contributed by atoms with Gasteiger partial charge < -0.3 is 10.2 Å². The van der Waals surface area contributed by atoms with Crippen molar-refractivity contribution in [3.8, 4) is 0 Å². The molecule has 1 fully saturated rings. The molecule has 2 aliphatic rings. The molecular weight excluding hydrogens is 430 g/mol. The van der Waals surface area contributed by atoms with Crippen molar-refractivity contribution < 1.29 is 13.2 Å². The van der Waals surface area contributed by atoms with Gasteiger partial charge in [0.15, 0.2) is 0 Å². The average Bonchev–Trinajstić information content (AvgIpc) is 3.39. The SMILES string of the molecule is CNC1CCc2cc(N3CC[C@H](NS(=O)(=O)C=Cc4ccc(Cl)s4)C3=O)ccc21. The van der Waals surface area contributed by atoms with Crippen molar-refractivity contribution >= 4 is 50.6 Å². The van der Waals surface area contributed by atoms with Crippen LogP contribution in [-0.4, -0.2) is 34.0 Å². The van der Waals surface area contributed by atoms with Crippen LogP contribution >= 0.6 is 22.9 Å². The van der Waals surface area contributed by atoms with Crippen LogP contribution in [0.3, 0.4) is 0 Å². The second kappa shape index (κ2) is 8.20. The van der Waals surface area contributed by atoms with Gasteiger partial charge in [-0.05, 0) is 67.8 Å². The van der Waals surface area contributed by atoms with Gasteiger partial charge in [0, 0.05) is 28.6 Å². The Morgan fingerprint density at radius 2 is 2.03 bits per heavy atom. The first kappa shape index (κ1) is 20.6. The molecular formula is C20H22ClN3O3S2. The minimum Gasteiger partial charge on any atom is -0.313 e. The van der Waals surface area contributed by atoms with Crippen molar-refractivity contribution in [3.63, 3.8) is 0 Å². The van der Waals surface area contributed by atoms with Crippen molar-refractivity contribution in [1.29, 1.82) is 0 Å². The molecule has 0 radical (unpaired) electrons. The van der Waals surface area contributed by atoms with E-state index in [-0.39, 0.29) is 5.91 Å². The van der Waals surface area contributed by atoms with E-state index < -0.39 is 16.1 Å². The van der Waals surface area contributed by atoms with Crippen molar-refractivity contribution in [2.75, 3.05) is 18.5 Å². The predicted molar refractivity (Wildman–Crippen MR) is 118 cm³/mol. The average molecular weight is 452 g/mol. The third-order valence-electron chi connectivity index (χ3n) is 5.38. The molecule has 9 heteroatoms. The summed E-state index contributed by atoms with van der Waals surface area (Å²) in [6.45, 7) is 0.491. The molecule has 0 spiro atoms. The zero-order valence-corrected chi connectivity index (χ0v) is 18.3. The van der Waals surface area contributed by atoms with Crippen LogP contribution in [0.4, 0.5) is 5.69 Å². The lowest BCUT2D eigenvalue weighted by Gasteiger charge is -2.19. The molecule has 1 aromatic heterocycles. The smallest absolute Gasteiger partial charge is 0.245 e. The highest BCUT2D eigenvalue weighted by Gasteiger charge is 2.35. The lowest BCUT2D eigenvalue weighted by atomic mass is 10.1. The molecule has 1 aliphatic heterocycles. The summed E-state index contributed by atoms with van der Waals surface area (Å²) in [6, 6.07) is 9.13. The van der Waals surface area contributed by atoms with Gasteiger partial charge >= 0.3 is 0 Å². The molecule has 2 N–H and O–H groups in total. The molecule has 2 atom stereocenters. The number of fused-ring (bicyclic) bond motifs is 1. The molecule has 6 nitrogen and oxygen atoms in total. The van der Waals surface area contributed by atoms with E-state index in [0.717, 1.165) is 28.8 Å². The first-order valence-electron chi connectivity index (χ1n) is 9.43. The third kappa shape index (κ3) is 4.41. The Hall–Kier alpha value is -1.71. The van der Waals surface area contributed by atoms with Gasteiger partial charge in [-0.25, -0.2) is 8.42 Å². The van der Waals surface area contributed by atoms with Crippen molar-refractivity contribution in [2.45, 2.75) is 31.3 Å². The first-order valence-corrected chi connectivity index (χ1v) is 12.2. The molecule has 4 rings (SSSR count). The van der Waals surface area contributed by atoms with Crippen LogP contribution < -0.4 is 14.9 Å². The van der Waals surface area contributed by atoms with E-state index in [1.54, 1.807) is 17.0 Å². The Morgan fingerprint density at radius 3 is 2.76 bits per heavy atom. The van der Waals surface area contributed by atoms with Crippen molar-refractivity contribution in [2.24, 2.45) is 0 Å². The fraction of sp³-hybridized carbons (Fsp3) is 0.350. The van der Waals surface area contributed by atoms with Crippen molar-refractivity contribution in [1.82, 2.24) is 10.0 Å². The summed E-state index contributed by atoms with van der Waals surface area (Å²) in [6.07, 6.45) is 3.94. The Kier molecular flexibility index (Phi) is 5.81. The minimum absolute atomic E-state index is 0.218. The second-order valence-electron chi connectivity index (χ2n) is 7.20. The molecule has 1 unspecified atom stereocenters. The van der Waals surface area contributed by atoms with Crippen LogP contribution in [0.15, 0.2) is 35.7 Å². The number of hydrogen-bond acceptors (Lipinski definition) is 5. The van der Waals surface area contributed by atoms with E-state index in [1.807, 2.05) is 13.1 Å².